The molecule has 1 amide bonds. The van der Waals surface area contributed by atoms with Gasteiger partial charge >= 0.3 is 0 Å². The normalized spacial score (nSPS) is 16.3. The molecule has 0 saturated carbocycles. The lowest BCUT2D eigenvalue weighted by Crippen LogP contribution is -2.51. The molecule has 26 heavy (non-hydrogen) atoms. The molecule has 1 fully saturated rings. The third-order valence-electron chi connectivity index (χ3n) is 4.56. The van der Waals surface area contributed by atoms with Crippen molar-refractivity contribution in [2.45, 2.75) is 26.3 Å². The van der Waals surface area contributed by atoms with E-state index in [2.05, 4.69) is 29.4 Å². The number of benzene rings is 1. The maximum atomic E-state index is 12.1. The minimum absolute atomic E-state index is 0.0140. The number of nitrogens with zero attached hydrogens (tertiary/aromatic N) is 2. The lowest BCUT2D eigenvalue weighted by atomic mass is 10.0. The topological polar surface area (TPSA) is 96.7 Å². The lowest BCUT2D eigenvalue weighted by molar-refractivity contribution is -0.384. The molecular formula is C18H28N4O4. The highest BCUT2D eigenvalue weighted by atomic mass is 16.6. The van der Waals surface area contributed by atoms with Gasteiger partial charge in [-0.25, -0.2) is 0 Å². The van der Waals surface area contributed by atoms with E-state index in [1.54, 1.807) is 18.2 Å². The summed E-state index contributed by atoms with van der Waals surface area (Å²) in [7, 11) is 0. The van der Waals surface area contributed by atoms with Crippen LogP contribution in [0.3, 0.4) is 0 Å². The third kappa shape index (κ3) is 5.96. The molecule has 1 aliphatic rings. The maximum Gasteiger partial charge on any atom is 0.292 e. The fraction of sp³-hybridized carbons (Fsp3) is 0.611. The first kappa shape index (κ1) is 20.1. The van der Waals surface area contributed by atoms with Crippen LogP contribution < -0.4 is 10.6 Å². The van der Waals surface area contributed by atoms with Crippen LogP contribution >= 0.6 is 0 Å². The molecule has 1 aliphatic heterocycles. The first-order valence-electron chi connectivity index (χ1n) is 9.05. The van der Waals surface area contributed by atoms with E-state index in [1.165, 1.54) is 6.07 Å². The molecule has 2 rings (SSSR count). The fourth-order valence-corrected chi connectivity index (χ4v) is 3.10. The molecular weight excluding hydrogens is 336 g/mol. The molecule has 1 saturated heterocycles. The van der Waals surface area contributed by atoms with Crippen LogP contribution in [0, 0.1) is 16.0 Å². The lowest BCUT2D eigenvalue weighted by Gasteiger charge is -2.36. The van der Waals surface area contributed by atoms with E-state index in [1.807, 2.05) is 0 Å². The number of para-hydroxylation sites is 2. The van der Waals surface area contributed by atoms with Crippen molar-refractivity contribution in [3.8, 4) is 0 Å². The Labute approximate surface area is 154 Å². The van der Waals surface area contributed by atoms with Gasteiger partial charge in [-0.3, -0.25) is 19.8 Å². The first-order chi connectivity index (χ1) is 12.5. The van der Waals surface area contributed by atoms with Crippen molar-refractivity contribution in [2.24, 2.45) is 5.92 Å². The van der Waals surface area contributed by atoms with E-state index in [0.717, 1.165) is 26.3 Å². The highest BCUT2D eigenvalue weighted by Gasteiger charge is 2.24. The van der Waals surface area contributed by atoms with Gasteiger partial charge in [-0.2, -0.15) is 0 Å². The summed E-state index contributed by atoms with van der Waals surface area (Å²) in [6.07, 6.45) is 0.264. The van der Waals surface area contributed by atoms with Gasteiger partial charge in [0.2, 0.25) is 5.91 Å². The van der Waals surface area contributed by atoms with Gasteiger partial charge < -0.3 is 15.4 Å². The summed E-state index contributed by atoms with van der Waals surface area (Å²) in [5.74, 6) is 0.369. The molecule has 1 heterocycles. The number of carbonyl (C=O) groups excluding carboxylic acids is 1. The second-order valence-electron chi connectivity index (χ2n) is 6.71. The molecule has 1 aromatic carbocycles. The van der Waals surface area contributed by atoms with Crippen LogP contribution in [-0.4, -0.2) is 61.2 Å². The quantitative estimate of drug-likeness (QED) is 0.513. The maximum absolute atomic E-state index is 12.1. The Morgan fingerprint density at radius 1 is 1.31 bits per heavy atom. The number of rotatable bonds is 9. The monoisotopic (exact) mass is 364 g/mol. The van der Waals surface area contributed by atoms with E-state index in [-0.39, 0.29) is 24.1 Å². The van der Waals surface area contributed by atoms with Crippen molar-refractivity contribution in [1.29, 1.82) is 0 Å². The number of carbonyl (C=O) groups is 1. The van der Waals surface area contributed by atoms with Crippen LogP contribution in [-0.2, 0) is 9.53 Å². The molecule has 0 aliphatic carbocycles. The third-order valence-corrected chi connectivity index (χ3v) is 4.56. The Hall–Kier alpha value is -2.19. The standard InChI is InChI=1S/C18H28N4O4/c1-14(2)17(21-9-11-26-12-10-21)13-20-18(23)7-8-19-15-5-3-4-6-16(15)22(24)25/h3-6,14,17,19H,7-13H2,1-2H3,(H,20,23). The van der Waals surface area contributed by atoms with E-state index in [9.17, 15) is 14.9 Å². The van der Waals surface area contributed by atoms with Gasteiger partial charge in [0.15, 0.2) is 0 Å². The number of ether oxygens (including phenoxy) is 1. The number of nitro groups is 1. The number of anilines is 1. The average molecular weight is 364 g/mol. The minimum Gasteiger partial charge on any atom is -0.379 e. The summed E-state index contributed by atoms with van der Waals surface area (Å²) >= 11 is 0. The Morgan fingerprint density at radius 3 is 2.65 bits per heavy atom. The van der Waals surface area contributed by atoms with Crippen molar-refractivity contribution < 1.29 is 14.5 Å². The van der Waals surface area contributed by atoms with Gasteiger partial charge in [-0.05, 0) is 12.0 Å². The predicted molar refractivity (Wildman–Crippen MR) is 100 cm³/mol. The number of morpholine rings is 1. The van der Waals surface area contributed by atoms with Gasteiger partial charge in [0, 0.05) is 44.7 Å². The molecule has 0 bridgehead atoms. The Bertz CT molecular complexity index is 603. The predicted octanol–water partition coefficient (Wildman–Crippen LogP) is 1.87. The smallest absolute Gasteiger partial charge is 0.292 e. The van der Waals surface area contributed by atoms with Crippen molar-refractivity contribution in [3.05, 3.63) is 34.4 Å². The summed E-state index contributed by atoms with van der Waals surface area (Å²) < 4.78 is 5.39. The van der Waals surface area contributed by atoms with Crippen LogP contribution in [0.4, 0.5) is 11.4 Å². The van der Waals surface area contributed by atoms with Crippen molar-refractivity contribution in [1.82, 2.24) is 10.2 Å². The molecule has 0 aromatic heterocycles. The molecule has 1 atom stereocenters. The highest BCUT2D eigenvalue weighted by Crippen LogP contribution is 2.22. The molecule has 1 unspecified atom stereocenters. The van der Waals surface area contributed by atoms with Crippen molar-refractivity contribution in [2.75, 3.05) is 44.7 Å². The summed E-state index contributed by atoms with van der Waals surface area (Å²) in [5, 5.41) is 16.9. The van der Waals surface area contributed by atoms with Gasteiger partial charge in [0.25, 0.3) is 5.69 Å². The SMILES string of the molecule is CC(C)C(CNC(=O)CCNc1ccccc1[N+](=O)[O-])N1CCOCC1. The molecule has 1 aromatic rings. The summed E-state index contributed by atoms with van der Waals surface area (Å²) in [4.78, 5) is 25.0. The van der Waals surface area contributed by atoms with Crippen LogP contribution in [0.1, 0.15) is 20.3 Å². The number of nitrogens with one attached hydrogen (secondary N) is 2. The Balaban J connectivity index is 1.77. The summed E-state index contributed by atoms with van der Waals surface area (Å²) in [5.41, 5.74) is 0.443. The Kier molecular flexibility index (Phi) is 7.80. The molecule has 0 spiro atoms. The van der Waals surface area contributed by atoms with Crippen molar-refractivity contribution >= 4 is 17.3 Å². The summed E-state index contributed by atoms with van der Waals surface area (Å²) in [6.45, 7) is 8.50. The van der Waals surface area contributed by atoms with Crippen molar-refractivity contribution in [3.63, 3.8) is 0 Å². The first-order valence-corrected chi connectivity index (χ1v) is 9.05. The largest absolute Gasteiger partial charge is 0.379 e. The van der Waals surface area contributed by atoms with E-state index in [4.69, 9.17) is 4.74 Å². The van der Waals surface area contributed by atoms with Crippen LogP contribution in [0.15, 0.2) is 24.3 Å². The number of nitro benzene ring substituents is 1. The molecule has 8 nitrogen and oxygen atoms in total. The van der Waals surface area contributed by atoms with E-state index >= 15 is 0 Å². The van der Waals surface area contributed by atoms with E-state index in [0.29, 0.717) is 24.7 Å². The van der Waals surface area contributed by atoms with Crippen LogP contribution in [0.2, 0.25) is 0 Å². The van der Waals surface area contributed by atoms with Gasteiger partial charge in [-0.15, -0.1) is 0 Å². The minimum atomic E-state index is -0.433. The zero-order chi connectivity index (χ0) is 18.9. The second-order valence-corrected chi connectivity index (χ2v) is 6.71. The average Bonchev–Trinajstić information content (AvgIpc) is 2.63. The zero-order valence-electron chi connectivity index (χ0n) is 15.4. The zero-order valence-corrected chi connectivity index (χ0v) is 15.4. The molecule has 0 radical (unpaired) electrons. The number of hydrogen-bond donors (Lipinski definition) is 2. The summed E-state index contributed by atoms with van der Waals surface area (Å²) in [6, 6.07) is 6.71. The molecule has 8 heteroatoms. The number of hydrogen-bond acceptors (Lipinski definition) is 6. The van der Waals surface area contributed by atoms with Gasteiger partial charge in [0.05, 0.1) is 18.1 Å². The second kappa shape index (κ2) is 10.1. The Morgan fingerprint density at radius 2 is 2.00 bits per heavy atom. The molecule has 2 N–H and O–H groups in total. The van der Waals surface area contributed by atoms with Gasteiger partial charge in [0.1, 0.15) is 5.69 Å². The van der Waals surface area contributed by atoms with Crippen LogP contribution in [0.5, 0.6) is 0 Å². The molecule has 144 valence electrons. The fourth-order valence-electron chi connectivity index (χ4n) is 3.10. The number of amides is 1. The van der Waals surface area contributed by atoms with Gasteiger partial charge in [-0.1, -0.05) is 26.0 Å². The van der Waals surface area contributed by atoms with E-state index < -0.39 is 4.92 Å². The van der Waals surface area contributed by atoms with Crippen LogP contribution in [0.25, 0.3) is 0 Å². The highest BCUT2D eigenvalue weighted by molar-refractivity contribution is 5.76.